The van der Waals surface area contributed by atoms with Gasteiger partial charge in [-0.3, -0.25) is 4.79 Å². The number of carboxylic acids is 1. The molecule has 0 spiro atoms. The molecule has 6 nitrogen and oxygen atoms in total. The molecule has 0 saturated heterocycles. The van der Waals surface area contributed by atoms with Gasteiger partial charge in [0.05, 0.1) is 6.10 Å². The third-order valence-electron chi connectivity index (χ3n) is 2.56. The Morgan fingerprint density at radius 2 is 1.82 bits per heavy atom. The number of hydrogen-bond donors (Lipinski definition) is 3. The van der Waals surface area contributed by atoms with E-state index >= 15 is 0 Å². The van der Waals surface area contributed by atoms with Crippen molar-refractivity contribution < 1.29 is 24.5 Å². The number of nitrogens with one attached hydrogen (secondary N) is 1. The van der Waals surface area contributed by atoms with Gasteiger partial charge in [0.25, 0.3) is 0 Å². The van der Waals surface area contributed by atoms with Crippen LogP contribution in [0.1, 0.15) is 26.7 Å². The Labute approximate surface area is 101 Å². The summed E-state index contributed by atoms with van der Waals surface area (Å²) in [5.41, 5.74) is 0. The molecule has 0 rings (SSSR count). The highest BCUT2D eigenvalue weighted by Gasteiger charge is 2.16. The molecule has 0 aromatic carbocycles. The second-order valence-corrected chi connectivity index (χ2v) is 3.83. The quantitative estimate of drug-likeness (QED) is 0.533. The predicted octanol–water partition coefficient (Wildman–Crippen LogP) is 0.000900. The summed E-state index contributed by atoms with van der Waals surface area (Å²) >= 11 is 0. The van der Waals surface area contributed by atoms with E-state index in [-0.39, 0.29) is 19.1 Å². The van der Waals surface area contributed by atoms with E-state index in [1.54, 1.807) is 0 Å². The molecule has 0 aliphatic rings. The number of amides is 1. The van der Waals surface area contributed by atoms with Gasteiger partial charge < -0.3 is 20.3 Å². The van der Waals surface area contributed by atoms with Crippen molar-refractivity contribution in [1.82, 2.24) is 5.32 Å². The molecule has 6 heteroatoms. The second-order valence-electron chi connectivity index (χ2n) is 3.83. The van der Waals surface area contributed by atoms with Crippen LogP contribution in [0.25, 0.3) is 0 Å². The molecule has 17 heavy (non-hydrogen) atoms. The van der Waals surface area contributed by atoms with Crippen LogP contribution in [0.5, 0.6) is 0 Å². The molecule has 0 radical (unpaired) electrons. The van der Waals surface area contributed by atoms with E-state index in [0.29, 0.717) is 0 Å². The van der Waals surface area contributed by atoms with Crippen LogP contribution < -0.4 is 5.32 Å². The van der Waals surface area contributed by atoms with Gasteiger partial charge in [0.1, 0.15) is 13.2 Å². The SMILES string of the molecule is CCC(CC)C(O)CNC(=O)COCC(=O)O. The molecule has 1 unspecified atom stereocenters. The first kappa shape index (κ1) is 15.9. The van der Waals surface area contributed by atoms with Gasteiger partial charge >= 0.3 is 5.97 Å². The fourth-order valence-electron chi connectivity index (χ4n) is 1.50. The van der Waals surface area contributed by atoms with Gasteiger partial charge in [-0.25, -0.2) is 4.79 Å². The summed E-state index contributed by atoms with van der Waals surface area (Å²) in [7, 11) is 0. The van der Waals surface area contributed by atoms with E-state index in [1.807, 2.05) is 13.8 Å². The summed E-state index contributed by atoms with van der Waals surface area (Å²) < 4.78 is 4.61. The molecule has 0 aliphatic carbocycles. The van der Waals surface area contributed by atoms with Gasteiger partial charge in [0.15, 0.2) is 0 Å². The zero-order valence-electron chi connectivity index (χ0n) is 10.3. The number of hydrogen-bond acceptors (Lipinski definition) is 4. The summed E-state index contributed by atoms with van der Waals surface area (Å²) in [6.45, 7) is 3.33. The highest BCUT2D eigenvalue weighted by atomic mass is 16.5. The Hall–Kier alpha value is -1.14. The molecule has 0 aromatic rings. The lowest BCUT2D eigenvalue weighted by Gasteiger charge is -2.20. The molecule has 0 fully saturated rings. The molecule has 100 valence electrons. The zero-order chi connectivity index (χ0) is 13.3. The minimum absolute atomic E-state index is 0.162. The minimum Gasteiger partial charge on any atom is -0.480 e. The summed E-state index contributed by atoms with van der Waals surface area (Å²) in [5, 5.41) is 20.5. The average molecular weight is 247 g/mol. The maximum absolute atomic E-state index is 11.2. The summed E-state index contributed by atoms with van der Waals surface area (Å²) in [6, 6.07) is 0. The van der Waals surface area contributed by atoms with Crippen LogP contribution in [0.4, 0.5) is 0 Å². The van der Waals surface area contributed by atoms with E-state index in [0.717, 1.165) is 12.8 Å². The summed E-state index contributed by atoms with van der Waals surface area (Å²) in [5.74, 6) is -1.37. The van der Waals surface area contributed by atoms with E-state index in [1.165, 1.54) is 0 Å². The molecule has 1 atom stereocenters. The lowest BCUT2D eigenvalue weighted by molar-refractivity contribution is -0.143. The molecule has 0 bridgehead atoms. The molecular formula is C11H21NO5. The smallest absolute Gasteiger partial charge is 0.329 e. The van der Waals surface area contributed by atoms with Crippen LogP contribution in [0.15, 0.2) is 0 Å². The Morgan fingerprint density at radius 3 is 2.29 bits per heavy atom. The van der Waals surface area contributed by atoms with E-state index in [2.05, 4.69) is 10.1 Å². The van der Waals surface area contributed by atoms with Crippen LogP contribution >= 0.6 is 0 Å². The highest BCUT2D eigenvalue weighted by Crippen LogP contribution is 2.11. The Kier molecular flexibility index (Phi) is 8.35. The molecule has 0 heterocycles. The molecule has 1 amide bonds. The van der Waals surface area contributed by atoms with Gasteiger partial charge in [-0.1, -0.05) is 26.7 Å². The standard InChI is InChI=1S/C11H21NO5/c1-3-8(4-2)9(13)5-12-10(14)6-17-7-11(15)16/h8-9,13H,3-7H2,1-2H3,(H,12,14)(H,15,16). The fraction of sp³-hybridized carbons (Fsp3) is 0.818. The van der Waals surface area contributed by atoms with Crippen molar-refractivity contribution in [3.05, 3.63) is 0 Å². The van der Waals surface area contributed by atoms with Crippen LogP contribution in [-0.4, -0.2) is 48.0 Å². The zero-order valence-corrected chi connectivity index (χ0v) is 10.3. The van der Waals surface area contributed by atoms with Gasteiger partial charge in [-0.05, 0) is 5.92 Å². The number of rotatable bonds is 9. The monoisotopic (exact) mass is 247 g/mol. The van der Waals surface area contributed by atoms with Gasteiger partial charge in [0, 0.05) is 6.54 Å². The highest BCUT2D eigenvalue weighted by molar-refractivity contribution is 5.77. The van der Waals surface area contributed by atoms with Gasteiger partial charge in [-0.2, -0.15) is 0 Å². The lowest BCUT2D eigenvalue weighted by atomic mass is 9.97. The maximum atomic E-state index is 11.2. The number of aliphatic carboxylic acids is 1. The van der Waals surface area contributed by atoms with Gasteiger partial charge in [0.2, 0.25) is 5.91 Å². The fourth-order valence-corrected chi connectivity index (χ4v) is 1.50. The van der Waals surface area contributed by atoms with E-state index < -0.39 is 24.6 Å². The summed E-state index contributed by atoms with van der Waals surface area (Å²) in [6.07, 6.45) is 1.12. The Morgan fingerprint density at radius 1 is 1.24 bits per heavy atom. The number of carbonyl (C=O) groups excluding carboxylic acids is 1. The minimum atomic E-state index is -1.12. The molecule has 0 aromatic heterocycles. The summed E-state index contributed by atoms with van der Waals surface area (Å²) in [4.78, 5) is 21.3. The second kappa shape index (κ2) is 8.95. The first-order valence-electron chi connectivity index (χ1n) is 5.75. The largest absolute Gasteiger partial charge is 0.480 e. The van der Waals surface area contributed by atoms with Crippen molar-refractivity contribution in [2.75, 3.05) is 19.8 Å². The lowest BCUT2D eigenvalue weighted by Crippen LogP contribution is -2.38. The molecular weight excluding hydrogens is 226 g/mol. The molecule has 0 aliphatic heterocycles. The van der Waals surface area contributed by atoms with Crippen LogP contribution in [0, 0.1) is 5.92 Å². The van der Waals surface area contributed by atoms with Gasteiger partial charge in [-0.15, -0.1) is 0 Å². The number of aliphatic hydroxyl groups excluding tert-OH is 1. The third-order valence-corrected chi connectivity index (χ3v) is 2.56. The van der Waals surface area contributed by atoms with Crippen LogP contribution in [0.3, 0.4) is 0 Å². The van der Waals surface area contributed by atoms with Crippen molar-refractivity contribution >= 4 is 11.9 Å². The first-order valence-corrected chi connectivity index (χ1v) is 5.75. The normalized spacial score (nSPS) is 12.5. The van der Waals surface area contributed by atoms with E-state index in [9.17, 15) is 14.7 Å². The molecule has 3 N–H and O–H groups in total. The van der Waals surface area contributed by atoms with E-state index in [4.69, 9.17) is 5.11 Å². The first-order chi connectivity index (χ1) is 8.01. The van der Waals surface area contributed by atoms with Crippen LogP contribution in [0.2, 0.25) is 0 Å². The van der Waals surface area contributed by atoms with Crippen molar-refractivity contribution in [3.8, 4) is 0 Å². The number of carbonyl (C=O) groups is 2. The third kappa shape index (κ3) is 7.70. The number of carboxylic acid groups (broad SMARTS) is 1. The average Bonchev–Trinajstić information content (AvgIpc) is 2.27. The van der Waals surface area contributed by atoms with Crippen molar-refractivity contribution in [3.63, 3.8) is 0 Å². The molecule has 0 saturated carbocycles. The number of ether oxygens (including phenoxy) is 1. The van der Waals surface area contributed by atoms with Crippen LogP contribution in [-0.2, 0) is 14.3 Å². The predicted molar refractivity (Wildman–Crippen MR) is 61.5 cm³/mol. The van der Waals surface area contributed by atoms with Crippen molar-refractivity contribution in [1.29, 1.82) is 0 Å². The topological polar surface area (TPSA) is 95.9 Å². The Balaban J connectivity index is 3.72. The van der Waals surface area contributed by atoms with Crippen molar-refractivity contribution in [2.24, 2.45) is 5.92 Å². The Bertz CT molecular complexity index is 240. The maximum Gasteiger partial charge on any atom is 0.329 e. The van der Waals surface area contributed by atoms with Crippen molar-refractivity contribution in [2.45, 2.75) is 32.8 Å². The number of aliphatic hydroxyl groups is 1.